The van der Waals surface area contributed by atoms with Crippen molar-refractivity contribution >= 4 is 0 Å². The molecule has 60 valence electrons. The second kappa shape index (κ2) is 2.62. The third kappa shape index (κ3) is 1.40. The minimum Gasteiger partial charge on any atom is -0.373 e. The first-order valence-corrected chi connectivity index (χ1v) is 3.88. The van der Waals surface area contributed by atoms with Crippen molar-refractivity contribution in [2.45, 2.75) is 26.0 Å². The second-order valence-electron chi connectivity index (χ2n) is 2.65. The van der Waals surface area contributed by atoms with Gasteiger partial charge in [-0.1, -0.05) is 0 Å². The van der Waals surface area contributed by atoms with Gasteiger partial charge in [-0.05, 0) is 6.92 Å². The van der Waals surface area contributed by atoms with Gasteiger partial charge in [0.25, 0.3) is 0 Å². The van der Waals surface area contributed by atoms with Crippen LogP contribution >= 0.6 is 0 Å². The molecule has 0 N–H and O–H groups in total. The van der Waals surface area contributed by atoms with Crippen LogP contribution in [0.4, 0.5) is 0 Å². The molecule has 2 heterocycles. The number of nitrogens with zero attached hydrogens (tertiary/aromatic N) is 3. The molecule has 1 unspecified atom stereocenters. The van der Waals surface area contributed by atoms with Crippen LogP contribution in [0.2, 0.25) is 0 Å². The van der Waals surface area contributed by atoms with E-state index >= 15 is 0 Å². The normalized spacial score (nSPS) is 22.1. The van der Waals surface area contributed by atoms with E-state index in [1.165, 1.54) is 0 Å². The lowest BCUT2D eigenvalue weighted by atomic mass is 10.3. The van der Waals surface area contributed by atoms with Crippen molar-refractivity contribution in [1.82, 2.24) is 14.8 Å². The molecule has 0 amide bonds. The quantitative estimate of drug-likeness (QED) is 0.584. The van der Waals surface area contributed by atoms with E-state index in [1.807, 2.05) is 4.68 Å². The van der Waals surface area contributed by atoms with Gasteiger partial charge in [-0.15, -0.1) is 0 Å². The van der Waals surface area contributed by atoms with Gasteiger partial charge in [0.05, 0.1) is 12.7 Å². The van der Waals surface area contributed by atoms with Crippen molar-refractivity contribution in [3.63, 3.8) is 0 Å². The van der Waals surface area contributed by atoms with Gasteiger partial charge < -0.3 is 4.74 Å². The zero-order valence-corrected chi connectivity index (χ0v) is 6.53. The molecule has 1 aromatic heterocycles. The average Bonchev–Trinajstić information content (AvgIpc) is 2.68. The van der Waals surface area contributed by atoms with Gasteiger partial charge in [0.1, 0.15) is 12.2 Å². The lowest BCUT2D eigenvalue weighted by molar-refractivity contribution is 0.400. The zero-order chi connectivity index (χ0) is 7.68. The van der Waals surface area contributed by atoms with Crippen molar-refractivity contribution < 1.29 is 4.74 Å². The number of aromatic nitrogens is 3. The summed E-state index contributed by atoms with van der Waals surface area (Å²) in [6.45, 7) is 3.84. The lowest BCUT2D eigenvalue weighted by Crippen LogP contribution is -2.06. The van der Waals surface area contributed by atoms with Gasteiger partial charge in [-0.25, -0.2) is 4.98 Å². The van der Waals surface area contributed by atoms with Crippen molar-refractivity contribution in [2.75, 3.05) is 6.61 Å². The molecule has 1 aliphatic heterocycles. The van der Waals surface area contributed by atoms with Crippen molar-refractivity contribution in [2.24, 2.45) is 0 Å². The summed E-state index contributed by atoms with van der Waals surface area (Å²) in [5.41, 5.74) is 0. The van der Waals surface area contributed by atoms with E-state index in [0.29, 0.717) is 6.10 Å². The Morgan fingerprint density at radius 2 is 2.64 bits per heavy atom. The highest BCUT2D eigenvalue weighted by molar-refractivity contribution is 4.90. The monoisotopic (exact) mass is 153 g/mol. The largest absolute Gasteiger partial charge is 0.373 e. The number of hydrogen-bond donors (Lipinski definition) is 0. The summed E-state index contributed by atoms with van der Waals surface area (Å²) < 4.78 is 7.00. The van der Waals surface area contributed by atoms with Crippen LogP contribution in [0, 0.1) is 0 Å². The number of ether oxygens (including phenoxy) is 1. The maximum Gasteiger partial charge on any atom is 0.138 e. The van der Waals surface area contributed by atoms with Gasteiger partial charge >= 0.3 is 0 Å². The molecule has 11 heavy (non-hydrogen) atoms. The van der Waals surface area contributed by atoms with Crippen LogP contribution in [0.3, 0.4) is 0 Å². The summed E-state index contributed by atoms with van der Waals surface area (Å²) in [5, 5.41) is 4.07. The van der Waals surface area contributed by atoms with Crippen LogP contribution in [0.1, 0.15) is 12.7 Å². The Bertz CT molecular complexity index is 242. The Balaban J connectivity index is 2.07. The molecule has 0 radical (unpaired) electrons. The highest BCUT2D eigenvalue weighted by Gasteiger charge is 2.24. The lowest BCUT2D eigenvalue weighted by Gasteiger charge is -1.98. The Hall–Kier alpha value is -0.900. The first kappa shape index (κ1) is 6.79. The molecule has 0 aromatic carbocycles. The van der Waals surface area contributed by atoms with Crippen LogP contribution in [0.25, 0.3) is 0 Å². The van der Waals surface area contributed by atoms with E-state index in [2.05, 4.69) is 17.0 Å². The predicted octanol–water partition coefficient (Wildman–Crippen LogP) is 0.239. The van der Waals surface area contributed by atoms with E-state index in [-0.39, 0.29) is 0 Å². The maximum atomic E-state index is 5.10. The summed E-state index contributed by atoms with van der Waals surface area (Å²) >= 11 is 0. The Kier molecular flexibility index (Phi) is 1.62. The molecule has 0 bridgehead atoms. The highest BCUT2D eigenvalue weighted by Crippen LogP contribution is 2.13. The number of epoxide rings is 1. The highest BCUT2D eigenvalue weighted by atomic mass is 16.6. The molecule has 1 aliphatic rings. The average molecular weight is 153 g/mol. The van der Waals surface area contributed by atoms with Gasteiger partial charge in [-0.3, -0.25) is 4.68 Å². The number of rotatable bonds is 3. The molecule has 0 aliphatic carbocycles. The van der Waals surface area contributed by atoms with Crippen LogP contribution in [0.5, 0.6) is 0 Å². The molecule has 4 nitrogen and oxygen atoms in total. The minimum atomic E-state index is 0.407. The minimum absolute atomic E-state index is 0.407. The van der Waals surface area contributed by atoms with Crippen LogP contribution in [0.15, 0.2) is 6.33 Å². The van der Waals surface area contributed by atoms with E-state index in [0.717, 1.165) is 25.4 Å². The Labute approximate surface area is 65.2 Å². The molecule has 1 aromatic rings. The molecule has 0 saturated carbocycles. The Morgan fingerprint density at radius 1 is 1.82 bits per heavy atom. The second-order valence-corrected chi connectivity index (χ2v) is 2.65. The molecule has 1 atom stereocenters. The standard InChI is InChI=1S/C7H11N3O/c1-2-10-7(8-5-9-10)3-6-4-11-6/h5-6H,2-4H2,1H3. The summed E-state index contributed by atoms with van der Waals surface area (Å²) in [5.74, 6) is 1.04. The first-order chi connectivity index (χ1) is 5.40. The van der Waals surface area contributed by atoms with Crippen molar-refractivity contribution in [3.8, 4) is 0 Å². The van der Waals surface area contributed by atoms with Crippen molar-refractivity contribution in [1.29, 1.82) is 0 Å². The SMILES string of the molecule is CCn1ncnc1CC1CO1. The molecule has 0 spiro atoms. The summed E-state index contributed by atoms with van der Waals surface area (Å²) in [7, 11) is 0. The zero-order valence-electron chi connectivity index (χ0n) is 6.53. The van der Waals surface area contributed by atoms with Gasteiger partial charge in [0.2, 0.25) is 0 Å². The summed E-state index contributed by atoms with van der Waals surface area (Å²) in [4.78, 5) is 4.14. The molecule has 2 rings (SSSR count). The van der Waals surface area contributed by atoms with Crippen LogP contribution in [-0.4, -0.2) is 27.5 Å². The third-order valence-electron chi connectivity index (χ3n) is 1.81. The van der Waals surface area contributed by atoms with Gasteiger partial charge in [0.15, 0.2) is 0 Å². The maximum absolute atomic E-state index is 5.10. The van der Waals surface area contributed by atoms with E-state index in [4.69, 9.17) is 4.74 Å². The molecular formula is C7H11N3O. The fourth-order valence-electron chi connectivity index (χ4n) is 1.10. The van der Waals surface area contributed by atoms with Crippen LogP contribution in [-0.2, 0) is 17.7 Å². The first-order valence-electron chi connectivity index (χ1n) is 3.88. The molecule has 1 saturated heterocycles. The van der Waals surface area contributed by atoms with Crippen LogP contribution < -0.4 is 0 Å². The predicted molar refractivity (Wildman–Crippen MR) is 39.1 cm³/mol. The van der Waals surface area contributed by atoms with E-state index in [1.54, 1.807) is 6.33 Å². The summed E-state index contributed by atoms with van der Waals surface area (Å²) in [6, 6.07) is 0. The topological polar surface area (TPSA) is 43.2 Å². The third-order valence-corrected chi connectivity index (χ3v) is 1.81. The number of aryl methyl sites for hydroxylation is 1. The molecular weight excluding hydrogens is 142 g/mol. The van der Waals surface area contributed by atoms with Crippen molar-refractivity contribution in [3.05, 3.63) is 12.2 Å². The van der Waals surface area contributed by atoms with Gasteiger partial charge in [0, 0.05) is 13.0 Å². The fourth-order valence-corrected chi connectivity index (χ4v) is 1.10. The van der Waals surface area contributed by atoms with E-state index in [9.17, 15) is 0 Å². The van der Waals surface area contributed by atoms with Gasteiger partial charge in [-0.2, -0.15) is 5.10 Å². The smallest absolute Gasteiger partial charge is 0.138 e. The number of hydrogen-bond acceptors (Lipinski definition) is 3. The fraction of sp³-hybridized carbons (Fsp3) is 0.714. The van der Waals surface area contributed by atoms with E-state index < -0.39 is 0 Å². The summed E-state index contributed by atoms with van der Waals surface area (Å²) in [6.07, 6.45) is 2.92. The molecule has 1 fully saturated rings. The Morgan fingerprint density at radius 3 is 3.27 bits per heavy atom. The molecule has 4 heteroatoms.